The van der Waals surface area contributed by atoms with Gasteiger partial charge in [0.05, 0.1) is 17.9 Å². The number of aromatic carboxylic acids is 1. The molecule has 0 saturated heterocycles. The van der Waals surface area contributed by atoms with Crippen molar-refractivity contribution in [1.82, 2.24) is 9.78 Å². The second kappa shape index (κ2) is 4.98. The standard InChI is InChI=1S/C15H16N2O2S/c1-9-14(15(18)19)10(2)17(16-9)8-12-7-11-5-3-4-6-13(11)20-12/h3-6,12H,7-8H2,1-2H3,(H,18,19). The van der Waals surface area contributed by atoms with Crippen LogP contribution in [-0.4, -0.2) is 26.1 Å². The minimum absolute atomic E-state index is 0.338. The highest BCUT2D eigenvalue weighted by Gasteiger charge is 2.25. The maximum absolute atomic E-state index is 11.2. The van der Waals surface area contributed by atoms with Gasteiger partial charge in [-0.1, -0.05) is 18.2 Å². The highest BCUT2D eigenvalue weighted by Crippen LogP contribution is 2.37. The van der Waals surface area contributed by atoms with Gasteiger partial charge in [0, 0.05) is 10.1 Å². The van der Waals surface area contributed by atoms with Crippen LogP contribution < -0.4 is 0 Å². The SMILES string of the molecule is Cc1nn(CC2Cc3ccccc3S2)c(C)c1C(=O)O. The topological polar surface area (TPSA) is 55.1 Å². The van der Waals surface area contributed by atoms with Gasteiger partial charge in [0.1, 0.15) is 5.56 Å². The van der Waals surface area contributed by atoms with Crippen LogP contribution in [0.3, 0.4) is 0 Å². The van der Waals surface area contributed by atoms with E-state index in [1.165, 1.54) is 10.5 Å². The third-order valence-corrected chi connectivity index (χ3v) is 4.99. The fraction of sp³-hybridized carbons (Fsp3) is 0.333. The fourth-order valence-corrected chi connectivity index (χ4v) is 4.03. The number of rotatable bonds is 3. The molecule has 1 aliphatic rings. The van der Waals surface area contributed by atoms with E-state index in [1.54, 1.807) is 6.92 Å². The van der Waals surface area contributed by atoms with E-state index in [9.17, 15) is 9.90 Å². The molecule has 0 bridgehead atoms. The van der Waals surface area contributed by atoms with Gasteiger partial charge in [0.15, 0.2) is 0 Å². The molecule has 1 aromatic carbocycles. The molecule has 0 aliphatic carbocycles. The molecule has 20 heavy (non-hydrogen) atoms. The summed E-state index contributed by atoms with van der Waals surface area (Å²) in [6.45, 7) is 4.33. The normalized spacial score (nSPS) is 17.2. The molecule has 2 heterocycles. The second-order valence-electron chi connectivity index (χ2n) is 5.08. The van der Waals surface area contributed by atoms with Gasteiger partial charge in [-0.3, -0.25) is 4.68 Å². The van der Waals surface area contributed by atoms with E-state index >= 15 is 0 Å². The summed E-state index contributed by atoms with van der Waals surface area (Å²) in [6.07, 6.45) is 1.02. The lowest BCUT2D eigenvalue weighted by Gasteiger charge is -2.10. The molecule has 1 aliphatic heterocycles. The van der Waals surface area contributed by atoms with Gasteiger partial charge in [-0.15, -0.1) is 11.8 Å². The predicted molar refractivity (Wildman–Crippen MR) is 78.5 cm³/mol. The molecule has 3 rings (SSSR count). The van der Waals surface area contributed by atoms with Crippen LogP contribution in [-0.2, 0) is 13.0 Å². The van der Waals surface area contributed by atoms with Crippen LogP contribution in [0.15, 0.2) is 29.2 Å². The Labute approximate surface area is 121 Å². The number of carbonyl (C=O) groups is 1. The molecule has 2 aromatic rings. The van der Waals surface area contributed by atoms with Gasteiger partial charge >= 0.3 is 5.97 Å². The van der Waals surface area contributed by atoms with Gasteiger partial charge in [0.2, 0.25) is 0 Å². The minimum atomic E-state index is -0.895. The number of nitrogens with zero attached hydrogens (tertiary/aromatic N) is 2. The van der Waals surface area contributed by atoms with Crippen LogP contribution in [0.1, 0.15) is 27.3 Å². The van der Waals surface area contributed by atoms with Crippen LogP contribution in [0, 0.1) is 13.8 Å². The van der Waals surface area contributed by atoms with E-state index < -0.39 is 5.97 Å². The number of aryl methyl sites for hydroxylation is 1. The van der Waals surface area contributed by atoms with E-state index in [4.69, 9.17) is 0 Å². The summed E-state index contributed by atoms with van der Waals surface area (Å²) in [5.41, 5.74) is 3.05. The van der Waals surface area contributed by atoms with Crippen LogP contribution in [0.2, 0.25) is 0 Å². The highest BCUT2D eigenvalue weighted by molar-refractivity contribution is 8.00. The number of hydrogen-bond donors (Lipinski definition) is 1. The smallest absolute Gasteiger partial charge is 0.339 e. The Morgan fingerprint density at radius 2 is 2.20 bits per heavy atom. The van der Waals surface area contributed by atoms with E-state index in [0.29, 0.717) is 16.5 Å². The van der Waals surface area contributed by atoms with Gasteiger partial charge in [-0.05, 0) is 31.9 Å². The summed E-state index contributed by atoms with van der Waals surface area (Å²) >= 11 is 1.85. The molecule has 0 fully saturated rings. The maximum atomic E-state index is 11.2. The van der Waals surface area contributed by atoms with Crippen LogP contribution in [0.4, 0.5) is 0 Å². The summed E-state index contributed by atoms with van der Waals surface area (Å²) < 4.78 is 1.84. The molecule has 104 valence electrons. The number of hydrogen-bond acceptors (Lipinski definition) is 3. The number of fused-ring (bicyclic) bond motifs is 1. The van der Waals surface area contributed by atoms with Crippen LogP contribution in [0.25, 0.3) is 0 Å². The Bertz CT molecular complexity index is 654. The largest absolute Gasteiger partial charge is 0.478 e. The van der Waals surface area contributed by atoms with Crippen molar-refractivity contribution in [2.45, 2.75) is 37.0 Å². The molecule has 1 aromatic heterocycles. The van der Waals surface area contributed by atoms with Gasteiger partial charge in [-0.25, -0.2) is 4.79 Å². The minimum Gasteiger partial charge on any atom is -0.478 e. The third kappa shape index (κ3) is 2.22. The van der Waals surface area contributed by atoms with Crippen molar-refractivity contribution < 1.29 is 9.90 Å². The Balaban J connectivity index is 1.81. The van der Waals surface area contributed by atoms with E-state index in [1.807, 2.05) is 23.4 Å². The van der Waals surface area contributed by atoms with Crippen molar-refractivity contribution >= 4 is 17.7 Å². The zero-order valence-electron chi connectivity index (χ0n) is 11.5. The molecule has 1 atom stereocenters. The van der Waals surface area contributed by atoms with Crippen molar-refractivity contribution in [1.29, 1.82) is 0 Å². The zero-order chi connectivity index (χ0) is 14.3. The summed E-state index contributed by atoms with van der Waals surface area (Å²) in [5, 5.41) is 14.0. The molecule has 0 spiro atoms. The highest BCUT2D eigenvalue weighted by atomic mass is 32.2. The van der Waals surface area contributed by atoms with Gasteiger partial charge in [0.25, 0.3) is 0 Å². The molecule has 0 radical (unpaired) electrons. The zero-order valence-corrected chi connectivity index (χ0v) is 12.3. The molecule has 0 amide bonds. The molecular formula is C15H16N2O2S. The van der Waals surface area contributed by atoms with Crippen molar-refractivity contribution in [3.8, 4) is 0 Å². The first-order chi connectivity index (χ1) is 9.56. The summed E-state index contributed by atoms with van der Waals surface area (Å²) in [7, 11) is 0. The maximum Gasteiger partial charge on any atom is 0.339 e. The predicted octanol–water partition coefficient (Wildman–Crippen LogP) is 2.92. The molecular weight excluding hydrogens is 272 g/mol. The van der Waals surface area contributed by atoms with E-state index in [-0.39, 0.29) is 0 Å². The Morgan fingerprint density at radius 1 is 1.45 bits per heavy atom. The third-order valence-electron chi connectivity index (χ3n) is 3.69. The second-order valence-corrected chi connectivity index (χ2v) is 6.43. The van der Waals surface area contributed by atoms with Crippen molar-refractivity contribution in [2.24, 2.45) is 0 Å². The van der Waals surface area contributed by atoms with Crippen LogP contribution in [0.5, 0.6) is 0 Å². The van der Waals surface area contributed by atoms with Gasteiger partial charge in [-0.2, -0.15) is 5.10 Å². The number of carboxylic acid groups (broad SMARTS) is 1. The van der Waals surface area contributed by atoms with Crippen molar-refractivity contribution in [3.63, 3.8) is 0 Å². The quantitative estimate of drug-likeness (QED) is 0.943. The average molecular weight is 288 g/mol. The van der Waals surface area contributed by atoms with Gasteiger partial charge < -0.3 is 5.11 Å². The molecule has 1 unspecified atom stereocenters. The van der Waals surface area contributed by atoms with Crippen LogP contribution >= 0.6 is 11.8 Å². The molecule has 5 heteroatoms. The summed E-state index contributed by atoms with van der Waals surface area (Å²) in [4.78, 5) is 12.5. The lowest BCUT2D eigenvalue weighted by molar-refractivity contribution is 0.0695. The Morgan fingerprint density at radius 3 is 2.85 bits per heavy atom. The molecule has 1 N–H and O–H groups in total. The van der Waals surface area contributed by atoms with E-state index in [2.05, 4.69) is 29.4 Å². The van der Waals surface area contributed by atoms with Crippen molar-refractivity contribution in [3.05, 3.63) is 46.8 Å². The number of carboxylic acids is 1. The number of aromatic nitrogens is 2. The van der Waals surface area contributed by atoms with E-state index in [0.717, 1.165) is 18.7 Å². The first-order valence-electron chi connectivity index (χ1n) is 6.58. The number of benzene rings is 1. The fourth-order valence-electron chi connectivity index (χ4n) is 2.73. The first-order valence-corrected chi connectivity index (χ1v) is 7.46. The number of thioether (sulfide) groups is 1. The monoisotopic (exact) mass is 288 g/mol. The Kier molecular flexibility index (Phi) is 3.30. The molecule has 4 nitrogen and oxygen atoms in total. The first kappa shape index (κ1) is 13.2. The lowest BCUT2D eigenvalue weighted by atomic mass is 10.1. The summed E-state index contributed by atoms with van der Waals surface area (Å²) in [5.74, 6) is -0.895. The Hall–Kier alpha value is -1.75. The lowest BCUT2D eigenvalue weighted by Crippen LogP contribution is -2.15. The average Bonchev–Trinajstić information content (AvgIpc) is 2.90. The molecule has 0 saturated carbocycles. The van der Waals surface area contributed by atoms with Crippen molar-refractivity contribution in [2.75, 3.05) is 0 Å². The summed E-state index contributed by atoms with van der Waals surface area (Å²) in [6, 6.07) is 8.42.